The average molecular weight is 255 g/mol. The molecule has 1 heterocycles. The lowest BCUT2D eigenvalue weighted by atomic mass is 10.1. The van der Waals surface area contributed by atoms with Crippen molar-refractivity contribution in [3.05, 3.63) is 28.8 Å². The number of benzene rings is 1. The molecule has 1 fully saturated rings. The fourth-order valence-electron chi connectivity index (χ4n) is 1.91. The Bertz CT molecular complexity index is 437. The number of nitrogens with zero attached hydrogens (tertiary/aromatic N) is 1. The molecular formula is C12H15ClN2O2. The second-order valence-corrected chi connectivity index (χ2v) is 4.59. The number of rotatable bonds is 1. The number of ether oxygens (including phenoxy) is 1. The van der Waals surface area contributed by atoms with Crippen LogP contribution < -0.4 is 5.73 Å². The Morgan fingerprint density at radius 2 is 2.35 bits per heavy atom. The van der Waals surface area contributed by atoms with Crippen LogP contribution in [0.5, 0.6) is 0 Å². The molecule has 92 valence electrons. The second kappa shape index (κ2) is 4.94. The molecule has 0 bridgehead atoms. The van der Waals surface area contributed by atoms with Crippen molar-refractivity contribution in [3.63, 3.8) is 0 Å². The molecule has 0 saturated carbocycles. The van der Waals surface area contributed by atoms with Gasteiger partial charge in [-0.2, -0.15) is 0 Å². The summed E-state index contributed by atoms with van der Waals surface area (Å²) in [5.74, 6) is -0.0602. The van der Waals surface area contributed by atoms with E-state index in [0.29, 0.717) is 36.0 Å². The number of nitrogens with two attached hydrogens (primary N) is 1. The zero-order chi connectivity index (χ0) is 12.4. The molecule has 0 aromatic heterocycles. The van der Waals surface area contributed by atoms with E-state index in [4.69, 9.17) is 22.1 Å². The molecule has 1 saturated heterocycles. The molecule has 1 aliphatic rings. The van der Waals surface area contributed by atoms with Gasteiger partial charge in [-0.05, 0) is 25.1 Å². The highest BCUT2D eigenvalue weighted by molar-refractivity contribution is 6.31. The lowest BCUT2D eigenvalue weighted by Gasteiger charge is -2.33. The van der Waals surface area contributed by atoms with Crippen molar-refractivity contribution in [2.75, 3.05) is 25.5 Å². The van der Waals surface area contributed by atoms with Crippen LogP contribution in [-0.4, -0.2) is 36.6 Å². The number of carbonyl (C=O) groups excluding carboxylic acids is 1. The van der Waals surface area contributed by atoms with Crippen LogP contribution in [0.4, 0.5) is 5.69 Å². The van der Waals surface area contributed by atoms with Crippen molar-refractivity contribution in [2.24, 2.45) is 0 Å². The standard InChI is InChI=1S/C12H15ClN2O2/c1-8-7-17-5-4-15(8)12(16)10-3-2-9(13)6-11(10)14/h2-3,6,8H,4-5,7,14H2,1H3/t8-/m0/s1. The van der Waals surface area contributed by atoms with E-state index in [1.807, 2.05) is 6.92 Å². The van der Waals surface area contributed by atoms with E-state index in [-0.39, 0.29) is 11.9 Å². The molecule has 0 spiro atoms. The topological polar surface area (TPSA) is 55.6 Å². The normalized spacial score (nSPS) is 20.4. The molecule has 0 unspecified atom stereocenters. The van der Waals surface area contributed by atoms with Gasteiger partial charge in [0.2, 0.25) is 0 Å². The molecule has 0 aliphatic carbocycles. The molecule has 2 N–H and O–H groups in total. The minimum atomic E-state index is -0.0602. The van der Waals surface area contributed by atoms with Gasteiger partial charge < -0.3 is 15.4 Å². The number of carbonyl (C=O) groups is 1. The first kappa shape index (κ1) is 12.2. The maximum atomic E-state index is 12.3. The molecule has 17 heavy (non-hydrogen) atoms. The van der Waals surface area contributed by atoms with Gasteiger partial charge in [0.05, 0.1) is 24.8 Å². The van der Waals surface area contributed by atoms with Crippen molar-refractivity contribution in [3.8, 4) is 0 Å². The first-order chi connectivity index (χ1) is 8.09. The fraction of sp³-hybridized carbons (Fsp3) is 0.417. The van der Waals surface area contributed by atoms with Gasteiger partial charge in [0, 0.05) is 17.3 Å². The Kier molecular flexibility index (Phi) is 3.54. The molecule has 5 heteroatoms. The van der Waals surface area contributed by atoms with E-state index < -0.39 is 0 Å². The first-order valence-electron chi connectivity index (χ1n) is 5.53. The molecular weight excluding hydrogens is 240 g/mol. The van der Waals surface area contributed by atoms with Crippen LogP contribution in [0.1, 0.15) is 17.3 Å². The number of hydrogen-bond donors (Lipinski definition) is 1. The minimum Gasteiger partial charge on any atom is -0.398 e. The van der Waals surface area contributed by atoms with Crippen molar-refractivity contribution >= 4 is 23.2 Å². The maximum absolute atomic E-state index is 12.3. The van der Waals surface area contributed by atoms with Gasteiger partial charge in [0.25, 0.3) is 5.91 Å². The predicted octanol–water partition coefficient (Wildman–Crippen LogP) is 1.78. The average Bonchev–Trinajstić information content (AvgIpc) is 2.29. The molecule has 0 radical (unpaired) electrons. The lowest BCUT2D eigenvalue weighted by molar-refractivity contribution is 0.00365. The largest absolute Gasteiger partial charge is 0.398 e. The Morgan fingerprint density at radius 3 is 3.00 bits per heavy atom. The maximum Gasteiger partial charge on any atom is 0.256 e. The quantitative estimate of drug-likeness (QED) is 0.778. The summed E-state index contributed by atoms with van der Waals surface area (Å²) < 4.78 is 5.30. The van der Waals surface area contributed by atoms with E-state index in [2.05, 4.69) is 0 Å². The molecule has 1 aliphatic heterocycles. The SMILES string of the molecule is C[C@H]1COCCN1C(=O)c1ccc(Cl)cc1N. The number of nitrogen functional groups attached to an aromatic ring is 1. The summed E-state index contributed by atoms with van der Waals surface area (Å²) in [6, 6.07) is 5.02. The molecule has 1 aromatic carbocycles. The number of amides is 1. The highest BCUT2D eigenvalue weighted by Gasteiger charge is 2.25. The number of halogens is 1. The van der Waals surface area contributed by atoms with Crippen LogP contribution in [0.25, 0.3) is 0 Å². The van der Waals surface area contributed by atoms with Crippen LogP contribution in [-0.2, 0) is 4.74 Å². The number of hydrogen-bond acceptors (Lipinski definition) is 3. The summed E-state index contributed by atoms with van der Waals surface area (Å²) in [7, 11) is 0. The van der Waals surface area contributed by atoms with Gasteiger partial charge in [-0.25, -0.2) is 0 Å². The molecule has 4 nitrogen and oxygen atoms in total. The van der Waals surface area contributed by atoms with E-state index >= 15 is 0 Å². The van der Waals surface area contributed by atoms with Gasteiger partial charge in [-0.3, -0.25) is 4.79 Å². The van der Waals surface area contributed by atoms with Gasteiger partial charge in [-0.1, -0.05) is 11.6 Å². The van der Waals surface area contributed by atoms with E-state index in [1.54, 1.807) is 23.1 Å². The van der Waals surface area contributed by atoms with Crippen LogP contribution in [0, 0.1) is 0 Å². The summed E-state index contributed by atoms with van der Waals surface area (Å²) in [5, 5.41) is 0.536. The summed E-state index contributed by atoms with van der Waals surface area (Å²) in [4.78, 5) is 14.1. The van der Waals surface area contributed by atoms with Gasteiger partial charge in [0.1, 0.15) is 0 Å². The molecule has 2 rings (SSSR count). The van der Waals surface area contributed by atoms with Crippen molar-refractivity contribution < 1.29 is 9.53 Å². The molecule has 1 atom stereocenters. The summed E-state index contributed by atoms with van der Waals surface area (Å²) >= 11 is 5.81. The van der Waals surface area contributed by atoms with Crippen molar-refractivity contribution in [2.45, 2.75) is 13.0 Å². The third-order valence-electron chi connectivity index (χ3n) is 2.87. The van der Waals surface area contributed by atoms with Crippen molar-refractivity contribution in [1.82, 2.24) is 4.90 Å². The number of anilines is 1. The third-order valence-corrected chi connectivity index (χ3v) is 3.11. The van der Waals surface area contributed by atoms with Crippen LogP contribution in [0.15, 0.2) is 18.2 Å². The molecule has 1 aromatic rings. The van der Waals surface area contributed by atoms with E-state index in [0.717, 1.165) is 0 Å². The zero-order valence-electron chi connectivity index (χ0n) is 9.65. The highest BCUT2D eigenvalue weighted by Crippen LogP contribution is 2.21. The third kappa shape index (κ3) is 2.53. The highest BCUT2D eigenvalue weighted by atomic mass is 35.5. The van der Waals surface area contributed by atoms with Crippen LogP contribution in [0.3, 0.4) is 0 Å². The number of morpholine rings is 1. The lowest BCUT2D eigenvalue weighted by Crippen LogP contribution is -2.47. The van der Waals surface area contributed by atoms with Crippen molar-refractivity contribution in [1.29, 1.82) is 0 Å². The fourth-order valence-corrected chi connectivity index (χ4v) is 2.09. The van der Waals surface area contributed by atoms with Gasteiger partial charge >= 0.3 is 0 Å². The minimum absolute atomic E-state index is 0.0602. The zero-order valence-corrected chi connectivity index (χ0v) is 10.4. The van der Waals surface area contributed by atoms with Gasteiger partial charge in [0.15, 0.2) is 0 Å². The summed E-state index contributed by atoms with van der Waals surface area (Å²) in [5.41, 5.74) is 6.73. The summed E-state index contributed by atoms with van der Waals surface area (Å²) in [6.07, 6.45) is 0. The van der Waals surface area contributed by atoms with Crippen LogP contribution in [0.2, 0.25) is 5.02 Å². The van der Waals surface area contributed by atoms with Crippen LogP contribution >= 0.6 is 11.6 Å². The Hall–Kier alpha value is -1.26. The molecule has 1 amide bonds. The Labute approximate surface area is 105 Å². The monoisotopic (exact) mass is 254 g/mol. The van der Waals surface area contributed by atoms with E-state index in [9.17, 15) is 4.79 Å². The van der Waals surface area contributed by atoms with Gasteiger partial charge in [-0.15, -0.1) is 0 Å². The first-order valence-corrected chi connectivity index (χ1v) is 5.91. The Morgan fingerprint density at radius 1 is 1.59 bits per heavy atom. The Balaban J connectivity index is 2.24. The predicted molar refractivity (Wildman–Crippen MR) is 67.2 cm³/mol. The smallest absolute Gasteiger partial charge is 0.256 e. The second-order valence-electron chi connectivity index (χ2n) is 4.15. The summed E-state index contributed by atoms with van der Waals surface area (Å²) in [6.45, 7) is 3.70. The van der Waals surface area contributed by atoms with E-state index in [1.165, 1.54) is 0 Å².